The van der Waals surface area contributed by atoms with Crippen molar-refractivity contribution < 1.29 is 24.5 Å². The van der Waals surface area contributed by atoms with Gasteiger partial charge in [-0.3, -0.25) is 0 Å². The fraction of sp³-hybridized carbons (Fsp3) is 0.0909. The Morgan fingerprint density at radius 2 is 1.04 bits per heavy atom. The standard InChI is InChI=1S/C9H7NO2S.C8H6BrNS.C8H5NO2S.C8H7NOS/c1-12-9(11)6-2-3-7-8(4-6)13-5-10-7;9-4-6-1-2-7-8(3-6)11-5-10-7;10-8(11)5-1-2-6-7(3-5)12-4-9-6;10-4-6-1-2-7-8(3-6)11-5-9-7/h2-5H,1H3;1-3,5H,4H2;1-4H,(H,10,11);1-3,5,10H,4H2. The number of aliphatic hydroxyl groups excluding tert-OH is 1. The van der Waals surface area contributed by atoms with Crippen molar-refractivity contribution >= 4 is 114 Å². The number of benzene rings is 4. The quantitative estimate of drug-likeness (QED) is 0.133. The summed E-state index contributed by atoms with van der Waals surface area (Å²) in [6.45, 7) is 0.105. The van der Waals surface area contributed by atoms with Gasteiger partial charge in [0.15, 0.2) is 0 Å². The number of nitrogens with zero attached hydrogens (tertiary/aromatic N) is 4. The van der Waals surface area contributed by atoms with Gasteiger partial charge in [0.1, 0.15) is 0 Å². The lowest BCUT2D eigenvalue weighted by Crippen LogP contribution is -1.99. The van der Waals surface area contributed by atoms with Crippen LogP contribution in [0.4, 0.5) is 0 Å². The number of methoxy groups -OCH3 is 1. The molecule has 0 amide bonds. The molecule has 9 nitrogen and oxygen atoms in total. The van der Waals surface area contributed by atoms with Crippen molar-refractivity contribution in [1.82, 2.24) is 19.9 Å². The minimum Gasteiger partial charge on any atom is -0.478 e. The zero-order valence-corrected chi connectivity index (χ0v) is 29.4. The van der Waals surface area contributed by atoms with Crippen molar-refractivity contribution in [3.63, 3.8) is 0 Å². The molecule has 8 aromatic rings. The summed E-state index contributed by atoms with van der Waals surface area (Å²) in [5.74, 6) is -1.21. The second kappa shape index (κ2) is 16.6. The van der Waals surface area contributed by atoms with Crippen molar-refractivity contribution in [1.29, 1.82) is 0 Å². The molecule has 0 aliphatic carbocycles. The van der Waals surface area contributed by atoms with Gasteiger partial charge < -0.3 is 14.9 Å². The summed E-state index contributed by atoms with van der Waals surface area (Å²) in [4.78, 5) is 38.2. The van der Waals surface area contributed by atoms with Crippen molar-refractivity contribution in [2.45, 2.75) is 11.9 Å². The molecule has 0 saturated heterocycles. The molecule has 0 unspecified atom stereocenters. The van der Waals surface area contributed by atoms with E-state index in [1.165, 1.54) is 40.0 Å². The van der Waals surface area contributed by atoms with E-state index in [0.29, 0.717) is 11.1 Å². The Kier molecular flexibility index (Phi) is 12.1. The number of fused-ring (bicyclic) bond motifs is 4. The Balaban J connectivity index is 0.000000123. The zero-order chi connectivity index (χ0) is 33.2. The first-order valence-corrected chi connectivity index (χ1v) is 18.3. The highest BCUT2D eigenvalue weighted by Crippen LogP contribution is 2.22. The molecule has 0 saturated carbocycles. The maximum atomic E-state index is 11.1. The molecule has 2 N–H and O–H groups in total. The molecule has 14 heteroatoms. The molecule has 47 heavy (non-hydrogen) atoms. The molecule has 0 atom stereocenters. The molecule has 0 bridgehead atoms. The third kappa shape index (κ3) is 9.00. The van der Waals surface area contributed by atoms with Gasteiger partial charge in [0, 0.05) is 5.33 Å². The van der Waals surface area contributed by atoms with Crippen molar-refractivity contribution in [3.05, 3.63) is 117 Å². The molecular formula is C33H25BrN4O5S4. The second-order valence-electron chi connectivity index (χ2n) is 9.47. The van der Waals surface area contributed by atoms with Crippen molar-refractivity contribution in [3.8, 4) is 0 Å². The SMILES string of the molecule is BrCc1ccc2ncsc2c1.COC(=O)c1ccc2ncsc2c1.O=C(O)c1ccc2ncsc2c1.OCc1ccc2ncsc2c1. The van der Waals surface area contributed by atoms with Crippen LogP contribution in [0.5, 0.6) is 0 Å². The number of alkyl halides is 1. The summed E-state index contributed by atoms with van der Waals surface area (Å²) in [5.41, 5.74) is 14.2. The van der Waals surface area contributed by atoms with E-state index in [1.54, 1.807) is 64.0 Å². The van der Waals surface area contributed by atoms with Crippen molar-refractivity contribution in [2.75, 3.05) is 7.11 Å². The number of thiazole rings is 4. The van der Waals surface area contributed by atoms with Gasteiger partial charge >= 0.3 is 11.9 Å². The molecule has 8 rings (SSSR count). The highest BCUT2D eigenvalue weighted by atomic mass is 79.9. The smallest absolute Gasteiger partial charge is 0.337 e. The van der Waals surface area contributed by atoms with E-state index in [2.05, 4.69) is 58.8 Å². The van der Waals surface area contributed by atoms with Crippen LogP contribution < -0.4 is 0 Å². The zero-order valence-electron chi connectivity index (χ0n) is 24.6. The van der Waals surface area contributed by atoms with Crippen LogP contribution in [-0.2, 0) is 16.7 Å². The number of hydrogen-bond donors (Lipinski definition) is 2. The first-order chi connectivity index (χ1) is 22.9. The molecule has 0 radical (unpaired) electrons. The minimum absolute atomic E-state index is 0.105. The fourth-order valence-electron chi connectivity index (χ4n) is 4.07. The van der Waals surface area contributed by atoms with Gasteiger partial charge in [-0.25, -0.2) is 29.5 Å². The molecule has 4 heterocycles. The van der Waals surface area contributed by atoms with Crippen molar-refractivity contribution in [2.24, 2.45) is 0 Å². The van der Waals surface area contributed by atoms with Crippen LogP contribution in [0.3, 0.4) is 0 Å². The maximum Gasteiger partial charge on any atom is 0.337 e. The Morgan fingerprint density at radius 1 is 0.638 bits per heavy atom. The van der Waals surface area contributed by atoms with E-state index in [4.69, 9.17) is 10.2 Å². The summed E-state index contributed by atoms with van der Waals surface area (Å²) in [6, 6.07) is 22.3. The Bertz CT molecular complexity index is 2190. The van der Waals surface area contributed by atoms with E-state index in [-0.39, 0.29) is 12.6 Å². The fourth-order valence-corrected chi connectivity index (χ4v) is 7.33. The van der Waals surface area contributed by atoms with Crippen LogP contribution in [0, 0.1) is 0 Å². The van der Waals surface area contributed by atoms with Crippen LogP contribution in [0.1, 0.15) is 31.8 Å². The van der Waals surface area contributed by atoms with Gasteiger partial charge in [-0.2, -0.15) is 0 Å². The van der Waals surface area contributed by atoms with E-state index in [0.717, 1.165) is 47.1 Å². The molecular weight excluding hydrogens is 741 g/mol. The number of carbonyl (C=O) groups excluding carboxylic acids is 1. The molecule has 0 aliphatic rings. The van der Waals surface area contributed by atoms with Crippen LogP contribution in [0.25, 0.3) is 40.9 Å². The largest absolute Gasteiger partial charge is 0.478 e. The van der Waals surface area contributed by atoms with Crippen LogP contribution >= 0.6 is 61.3 Å². The second-order valence-corrected chi connectivity index (χ2v) is 13.6. The number of aromatic carboxylic acids is 1. The lowest BCUT2D eigenvalue weighted by Gasteiger charge is -1.97. The number of aliphatic hydroxyl groups is 1. The number of carboxylic acid groups (broad SMARTS) is 1. The topological polar surface area (TPSA) is 135 Å². The average molecular weight is 766 g/mol. The first kappa shape index (κ1) is 34.2. The van der Waals surface area contributed by atoms with E-state index in [1.807, 2.05) is 35.3 Å². The number of aromatic nitrogens is 4. The Morgan fingerprint density at radius 3 is 1.49 bits per heavy atom. The summed E-state index contributed by atoms with van der Waals surface area (Å²) >= 11 is 9.65. The summed E-state index contributed by atoms with van der Waals surface area (Å²) in [6.07, 6.45) is 0. The molecule has 4 aromatic heterocycles. The Labute approximate surface area is 293 Å². The number of rotatable bonds is 4. The monoisotopic (exact) mass is 764 g/mol. The third-order valence-electron chi connectivity index (χ3n) is 6.46. The van der Waals surface area contributed by atoms with Gasteiger partial charge in [-0.1, -0.05) is 28.1 Å². The lowest BCUT2D eigenvalue weighted by atomic mass is 10.2. The summed E-state index contributed by atoms with van der Waals surface area (Å²) in [5, 5.41) is 18.4. The third-order valence-corrected chi connectivity index (χ3v) is 10.3. The highest BCUT2D eigenvalue weighted by molar-refractivity contribution is 9.08. The number of carbonyl (C=O) groups is 2. The highest BCUT2D eigenvalue weighted by Gasteiger charge is 2.06. The summed E-state index contributed by atoms with van der Waals surface area (Å²) in [7, 11) is 1.37. The molecule has 0 aliphatic heterocycles. The van der Waals surface area contributed by atoms with Gasteiger partial charge in [-0.15, -0.1) is 45.3 Å². The van der Waals surface area contributed by atoms with Gasteiger partial charge in [0.25, 0.3) is 0 Å². The van der Waals surface area contributed by atoms with E-state index < -0.39 is 5.97 Å². The van der Waals surface area contributed by atoms with E-state index in [9.17, 15) is 9.59 Å². The minimum atomic E-state index is -0.898. The normalized spacial score (nSPS) is 10.4. The van der Waals surface area contributed by atoms with Crippen LogP contribution in [-0.4, -0.2) is 49.2 Å². The number of halogens is 1. The van der Waals surface area contributed by atoms with Gasteiger partial charge in [0.05, 0.1) is 87.8 Å². The average Bonchev–Trinajstić information content (AvgIpc) is 3.94. The predicted molar refractivity (Wildman–Crippen MR) is 195 cm³/mol. The van der Waals surface area contributed by atoms with Crippen LogP contribution in [0.2, 0.25) is 0 Å². The number of esters is 1. The number of hydrogen-bond acceptors (Lipinski definition) is 12. The molecule has 0 spiro atoms. The number of ether oxygens (including phenoxy) is 1. The maximum absolute atomic E-state index is 11.1. The predicted octanol–water partition coefficient (Wildman–Crippen LogP) is 9.06. The van der Waals surface area contributed by atoms with Gasteiger partial charge in [-0.05, 0) is 71.8 Å². The van der Waals surface area contributed by atoms with Gasteiger partial charge in [0.2, 0.25) is 0 Å². The van der Waals surface area contributed by atoms with E-state index >= 15 is 0 Å². The first-order valence-electron chi connectivity index (χ1n) is 13.7. The number of carboxylic acids is 1. The lowest BCUT2D eigenvalue weighted by molar-refractivity contribution is 0.0600. The molecule has 0 fully saturated rings. The molecule has 4 aromatic carbocycles. The van der Waals surface area contributed by atoms with Crippen LogP contribution in [0.15, 0.2) is 94.8 Å². The summed E-state index contributed by atoms with van der Waals surface area (Å²) < 4.78 is 8.92. The molecule has 238 valence electrons. The Hall–Kier alpha value is -4.18.